The zero-order valence-corrected chi connectivity index (χ0v) is 20.4. The summed E-state index contributed by atoms with van der Waals surface area (Å²) in [7, 11) is -1.72. The normalized spacial score (nSPS) is 20.8. The number of benzene rings is 2. The molecule has 0 N–H and O–H groups in total. The lowest BCUT2D eigenvalue weighted by Crippen LogP contribution is -2.42. The van der Waals surface area contributed by atoms with Crippen LogP contribution < -0.4 is 0 Å². The fourth-order valence-corrected chi connectivity index (χ4v) is 10.9. The van der Waals surface area contributed by atoms with Gasteiger partial charge >= 0.3 is 0 Å². The van der Waals surface area contributed by atoms with Gasteiger partial charge in [-0.2, -0.15) is 0 Å². The minimum Gasteiger partial charge on any atom is -0.0679 e. The summed E-state index contributed by atoms with van der Waals surface area (Å²) in [4.78, 5) is 0. The molecular formula is C28H36Si. The maximum atomic E-state index is 2.63. The monoisotopic (exact) mass is 400 g/mol. The van der Waals surface area contributed by atoms with Crippen LogP contribution in [-0.4, -0.2) is 8.07 Å². The van der Waals surface area contributed by atoms with Crippen LogP contribution in [0.3, 0.4) is 0 Å². The van der Waals surface area contributed by atoms with E-state index in [0.717, 1.165) is 0 Å². The Bertz CT molecular complexity index is 935. The zero-order chi connectivity index (χ0) is 21.1. The Labute approximate surface area is 178 Å². The van der Waals surface area contributed by atoms with Crippen molar-refractivity contribution in [1.82, 2.24) is 0 Å². The molecule has 152 valence electrons. The quantitative estimate of drug-likeness (QED) is 0.452. The van der Waals surface area contributed by atoms with Crippen molar-refractivity contribution < 1.29 is 0 Å². The molecule has 0 nitrogen and oxygen atoms in total. The van der Waals surface area contributed by atoms with E-state index in [0.29, 0.717) is 22.9 Å². The van der Waals surface area contributed by atoms with Crippen LogP contribution in [0.5, 0.6) is 0 Å². The summed E-state index contributed by atoms with van der Waals surface area (Å²) >= 11 is 0. The van der Waals surface area contributed by atoms with E-state index in [1.807, 2.05) is 0 Å². The molecule has 0 radical (unpaired) electrons. The molecule has 0 aromatic heterocycles. The summed E-state index contributed by atoms with van der Waals surface area (Å²) in [5, 5.41) is 0. The van der Waals surface area contributed by atoms with Gasteiger partial charge in [0.25, 0.3) is 0 Å². The highest BCUT2D eigenvalue weighted by Gasteiger charge is 2.46. The molecule has 0 saturated heterocycles. The Hall–Kier alpha value is -1.86. The predicted octanol–water partition coefficient (Wildman–Crippen LogP) is 8.42. The van der Waals surface area contributed by atoms with Gasteiger partial charge in [0.05, 0.1) is 8.07 Å². The lowest BCUT2D eigenvalue weighted by Gasteiger charge is -2.39. The Balaban J connectivity index is 1.82. The average Bonchev–Trinajstić information content (AvgIpc) is 3.15. The molecule has 29 heavy (non-hydrogen) atoms. The van der Waals surface area contributed by atoms with E-state index in [1.165, 1.54) is 22.3 Å². The third kappa shape index (κ3) is 3.28. The van der Waals surface area contributed by atoms with Crippen molar-refractivity contribution >= 4 is 20.2 Å². The van der Waals surface area contributed by atoms with Crippen LogP contribution in [0.4, 0.5) is 0 Å². The van der Waals surface area contributed by atoms with Crippen LogP contribution in [-0.2, 0) is 0 Å². The first-order valence-electron chi connectivity index (χ1n) is 11.2. The Morgan fingerprint density at radius 2 is 1.03 bits per heavy atom. The van der Waals surface area contributed by atoms with Crippen LogP contribution in [0.25, 0.3) is 12.2 Å². The van der Waals surface area contributed by atoms with Crippen LogP contribution in [0.1, 0.15) is 97.8 Å². The molecule has 0 spiro atoms. The van der Waals surface area contributed by atoms with Crippen LogP contribution >= 0.6 is 0 Å². The second-order valence-electron chi connectivity index (χ2n) is 10.6. The molecule has 0 fully saturated rings. The third-order valence-electron chi connectivity index (χ3n) is 7.34. The lowest BCUT2D eigenvalue weighted by molar-refractivity contribution is 0.857. The fourth-order valence-electron chi connectivity index (χ4n) is 5.96. The van der Waals surface area contributed by atoms with E-state index in [9.17, 15) is 0 Å². The number of hydrogen-bond donors (Lipinski definition) is 0. The largest absolute Gasteiger partial charge is 0.0722 e. The molecule has 2 aromatic rings. The molecule has 2 aliphatic rings. The Morgan fingerprint density at radius 3 is 1.38 bits per heavy atom. The lowest BCUT2D eigenvalue weighted by atomic mass is 9.97. The number of fused-ring (bicyclic) bond motifs is 2. The van der Waals surface area contributed by atoms with Gasteiger partial charge < -0.3 is 0 Å². The molecule has 0 aliphatic heterocycles. The fraction of sp³-hybridized carbons (Fsp3) is 0.429. The molecular weight excluding hydrogens is 364 g/mol. The smallest absolute Gasteiger partial charge is 0.0679 e. The minimum absolute atomic E-state index is 0.578. The Morgan fingerprint density at radius 1 is 0.655 bits per heavy atom. The van der Waals surface area contributed by atoms with E-state index >= 15 is 0 Å². The summed E-state index contributed by atoms with van der Waals surface area (Å²) < 4.78 is 0. The van der Waals surface area contributed by atoms with E-state index in [4.69, 9.17) is 0 Å². The maximum absolute atomic E-state index is 2.63. The van der Waals surface area contributed by atoms with Crippen molar-refractivity contribution in [2.24, 2.45) is 0 Å². The van der Waals surface area contributed by atoms with Crippen molar-refractivity contribution in [3.05, 3.63) is 80.9 Å². The van der Waals surface area contributed by atoms with Crippen molar-refractivity contribution in [2.45, 2.75) is 77.6 Å². The molecule has 0 amide bonds. The van der Waals surface area contributed by atoms with Crippen molar-refractivity contribution in [1.29, 1.82) is 0 Å². The van der Waals surface area contributed by atoms with E-state index < -0.39 is 8.07 Å². The van der Waals surface area contributed by atoms with Gasteiger partial charge in [-0.3, -0.25) is 0 Å². The van der Waals surface area contributed by atoms with E-state index in [-0.39, 0.29) is 0 Å². The molecule has 1 heteroatoms. The standard InChI is InChI=1S/C28H36Si/c1-17(2)21-9-11-23-13-19(5)27(25(23)15-21)29(7,8)28-20(6)14-24-12-10-22(18(3)4)16-26(24)28/h9-18,27-28H,1-8H3. The van der Waals surface area contributed by atoms with Gasteiger partial charge in [0.1, 0.15) is 0 Å². The molecule has 2 aliphatic carbocycles. The van der Waals surface area contributed by atoms with E-state index in [2.05, 4.69) is 103 Å². The summed E-state index contributed by atoms with van der Waals surface area (Å²) in [6.07, 6.45) is 4.91. The maximum Gasteiger partial charge on any atom is 0.0722 e. The van der Waals surface area contributed by atoms with Gasteiger partial charge in [-0.05, 0) is 59.1 Å². The van der Waals surface area contributed by atoms with Gasteiger partial charge in [-0.15, -0.1) is 0 Å². The van der Waals surface area contributed by atoms with Crippen molar-refractivity contribution in [2.75, 3.05) is 0 Å². The van der Waals surface area contributed by atoms with Gasteiger partial charge in [0.15, 0.2) is 0 Å². The van der Waals surface area contributed by atoms with Gasteiger partial charge in [-0.1, -0.05) is 100 Å². The van der Waals surface area contributed by atoms with Gasteiger partial charge in [-0.25, -0.2) is 0 Å². The van der Waals surface area contributed by atoms with Gasteiger partial charge in [0.2, 0.25) is 0 Å². The summed E-state index contributed by atoms with van der Waals surface area (Å²) in [5.74, 6) is 1.16. The minimum atomic E-state index is -1.72. The van der Waals surface area contributed by atoms with Crippen LogP contribution in [0, 0.1) is 0 Å². The van der Waals surface area contributed by atoms with Crippen LogP contribution in [0.15, 0.2) is 47.5 Å². The first kappa shape index (κ1) is 20.4. The summed E-state index contributed by atoms with van der Waals surface area (Å²) in [5.41, 5.74) is 13.4. The summed E-state index contributed by atoms with van der Waals surface area (Å²) in [6.45, 7) is 19.2. The average molecular weight is 401 g/mol. The molecule has 0 bridgehead atoms. The molecule has 0 saturated carbocycles. The highest BCUT2D eigenvalue weighted by molar-refractivity contribution is 6.81. The van der Waals surface area contributed by atoms with Gasteiger partial charge in [0, 0.05) is 11.1 Å². The Kier molecular flexibility index (Phi) is 5.02. The van der Waals surface area contributed by atoms with Crippen molar-refractivity contribution in [3.63, 3.8) is 0 Å². The molecule has 2 aromatic carbocycles. The molecule has 4 rings (SSSR count). The van der Waals surface area contributed by atoms with E-state index in [1.54, 1.807) is 22.3 Å². The molecule has 2 atom stereocenters. The zero-order valence-electron chi connectivity index (χ0n) is 19.4. The third-order valence-corrected chi connectivity index (χ3v) is 11.9. The highest BCUT2D eigenvalue weighted by Crippen LogP contribution is 2.52. The summed E-state index contributed by atoms with van der Waals surface area (Å²) in [6, 6.07) is 14.4. The first-order chi connectivity index (χ1) is 13.6. The SMILES string of the molecule is CC1=Cc2ccc(C(C)C)cc2C1[Si](C)(C)C1C(C)=Cc2ccc(C(C)C)cc21. The van der Waals surface area contributed by atoms with Crippen LogP contribution in [0.2, 0.25) is 13.1 Å². The number of rotatable bonds is 4. The first-order valence-corrected chi connectivity index (χ1v) is 14.4. The predicted molar refractivity (Wildman–Crippen MR) is 131 cm³/mol. The van der Waals surface area contributed by atoms with Crippen molar-refractivity contribution in [3.8, 4) is 0 Å². The number of allylic oxidation sites excluding steroid dienone is 2. The topological polar surface area (TPSA) is 0 Å². The highest BCUT2D eigenvalue weighted by atomic mass is 28.3. The second-order valence-corrected chi connectivity index (χ2v) is 15.3. The molecule has 0 heterocycles. The number of hydrogen-bond acceptors (Lipinski definition) is 0. The molecule has 2 unspecified atom stereocenters. The second kappa shape index (κ2) is 7.13.